The number of amides is 1. The molecule has 1 aliphatic heterocycles. The summed E-state index contributed by atoms with van der Waals surface area (Å²) in [6.45, 7) is -1.54. The van der Waals surface area contributed by atoms with E-state index in [0.717, 1.165) is 0 Å². The first-order valence-electron chi connectivity index (χ1n) is 5.22. The van der Waals surface area contributed by atoms with E-state index in [1.807, 2.05) is 0 Å². The molecule has 1 aliphatic rings. The summed E-state index contributed by atoms with van der Waals surface area (Å²) in [5.41, 5.74) is 0.125. The fourth-order valence-corrected chi connectivity index (χ4v) is 1.51. The van der Waals surface area contributed by atoms with Crippen molar-refractivity contribution in [3.8, 4) is 5.75 Å². The quantitative estimate of drug-likeness (QED) is 0.827. The molecule has 1 fully saturated rings. The lowest BCUT2D eigenvalue weighted by Gasteiger charge is -2.28. The molecule has 2 N–H and O–H groups in total. The summed E-state index contributed by atoms with van der Waals surface area (Å²) >= 11 is 0. The minimum Gasteiger partial charge on any atom is -0.434 e. The van der Waals surface area contributed by atoms with Gasteiger partial charge in [-0.1, -0.05) is 12.1 Å². The SMILES string of the molecule is O=C(NC1CNC1)c1ccccc1OC(F)F. The van der Waals surface area contributed by atoms with Gasteiger partial charge in [0.25, 0.3) is 5.91 Å². The molecule has 92 valence electrons. The highest BCUT2D eigenvalue weighted by Gasteiger charge is 2.22. The Balaban J connectivity index is 2.09. The molecular formula is C11H12F2N2O2. The van der Waals surface area contributed by atoms with Gasteiger partial charge in [0.1, 0.15) is 5.75 Å². The van der Waals surface area contributed by atoms with E-state index in [2.05, 4.69) is 15.4 Å². The number of carbonyl (C=O) groups is 1. The monoisotopic (exact) mass is 242 g/mol. The Morgan fingerprint density at radius 2 is 2.12 bits per heavy atom. The molecule has 0 radical (unpaired) electrons. The molecule has 17 heavy (non-hydrogen) atoms. The predicted octanol–water partition coefficient (Wildman–Crippen LogP) is 0.990. The van der Waals surface area contributed by atoms with Crippen LogP contribution in [0.5, 0.6) is 5.75 Å². The number of halogens is 2. The molecule has 1 saturated heterocycles. The zero-order chi connectivity index (χ0) is 12.3. The highest BCUT2D eigenvalue weighted by atomic mass is 19.3. The topological polar surface area (TPSA) is 50.4 Å². The Labute approximate surface area is 97.0 Å². The van der Waals surface area contributed by atoms with E-state index in [1.54, 1.807) is 12.1 Å². The van der Waals surface area contributed by atoms with Crippen LogP contribution >= 0.6 is 0 Å². The van der Waals surface area contributed by atoms with Gasteiger partial charge < -0.3 is 15.4 Å². The Kier molecular flexibility index (Phi) is 3.53. The largest absolute Gasteiger partial charge is 0.434 e. The molecule has 1 heterocycles. The fraction of sp³-hybridized carbons (Fsp3) is 0.364. The van der Waals surface area contributed by atoms with Gasteiger partial charge in [0.15, 0.2) is 0 Å². The Morgan fingerprint density at radius 3 is 2.71 bits per heavy atom. The van der Waals surface area contributed by atoms with Gasteiger partial charge in [-0.2, -0.15) is 8.78 Å². The van der Waals surface area contributed by atoms with E-state index in [0.29, 0.717) is 13.1 Å². The summed E-state index contributed by atoms with van der Waals surface area (Å²) in [5.74, 6) is -0.500. The smallest absolute Gasteiger partial charge is 0.387 e. The fourth-order valence-electron chi connectivity index (χ4n) is 1.51. The first-order chi connectivity index (χ1) is 8.16. The summed E-state index contributed by atoms with van der Waals surface area (Å²) in [7, 11) is 0. The van der Waals surface area contributed by atoms with Crippen molar-refractivity contribution in [3.63, 3.8) is 0 Å². The molecule has 6 heteroatoms. The number of rotatable bonds is 4. The van der Waals surface area contributed by atoms with Crippen molar-refractivity contribution in [2.24, 2.45) is 0 Å². The van der Waals surface area contributed by atoms with E-state index in [-0.39, 0.29) is 17.4 Å². The van der Waals surface area contributed by atoms with Crippen LogP contribution in [0.15, 0.2) is 24.3 Å². The lowest BCUT2D eigenvalue weighted by molar-refractivity contribution is -0.0501. The van der Waals surface area contributed by atoms with Crippen LogP contribution in [-0.2, 0) is 0 Å². The van der Waals surface area contributed by atoms with Gasteiger partial charge in [-0.05, 0) is 12.1 Å². The molecule has 1 amide bonds. The van der Waals surface area contributed by atoms with Gasteiger partial charge in [-0.15, -0.1) is 0 Å². The molecule has 0 atom stereocenters. The number of hydrogen-bond donors (Lipinski definition) is 2. The van der Waals surface area contributed by atoms with Crippen molar-refractivity contribution in [3.05, 3.63) is 29.8 Å². The van der Waals surface area contributed by atoms with E-state index >= 15 is 0 Å². The van der Waals surface area contributed by atoms with Crippen molar-refractivity contribution in [1.29, 1.82) is 0 Å². The third kappa shape index (κ3) is 2.91. The number of benzene rings is 1. The molecule has 0 spiro atoms. The second kappa shape index (κ2) is 5.09. The third-order valence-corrected chi connectivity index (χ3v) is 2.46. The second-order valence-electron chi connectivity index (χ2n) is 3.70. The van der Waals surface area contributed by atoms with Crippen LogP contribution in [0.4, 0.5) is 8.78 Å². The van der Waals surface area contributed by atoms with Crippen molar-refractivity contribution >= 4 is 5.91 Å². The maximum Gasteiger partial charge on any atom is 0.387 e. The van der Waals surface area contributed by atoms with Crippen LogP contribution in [0.25, 0.3) is 0 Å². The van der Waals surface area contributed by atoms with Crippen LogP contribution in [0.2, 0.25) is 0 Å². The van der Waals surface area contributed by atoms with Crippen molar-refractivity contribution in [2.75, 3.05) is 13.1 Å². The summed E-state index contributed by atoms with van der Waals surface area (Å²) in [4.78, 5) is 11.8. The molecule has 1 aromatic carbocycles. The summed E-state index contributed by atoms with van der Waals surface area (Å²) in [6.07, 6.45) is 0. The summed E-state index contributed by atoms with van der Waals surface area (Å²) < 4.78 is 28.6. The van der Waals surface area contributed by atoms with Crippen molar-refractivity contribution in [2.45, 2.75) is 12.7 Å². The van der Waals surface area contributed by atoms with E-state index in [1.165, 1.54) is 12.1 Å². The first kappa shape index (κ1) is 11.8. The number of nitrogens with one attached hydrogen (secondary N) is 2. The molecule has 2 rings (SSSR count). The average Bonchev–Trinajstić information content (AvgIpc) is 2.23. The van der Waals surface area contributed by atoms with Crippen molar-refractivity contribution < 1.29 is 18.3 Å². The third-order valence-electron chi connectivity index (χ3n) is 2.46. The molecule has 0 saturated carbocycles. The molecule has 4 nitrogen and oxygen atoms in total. The minimum absolute atomic E-state index is 0.0575. The van der Waals surface area contributed by atoms with Gasteiger partial charge in [-0.3, -0.25) is 4.79 Å². The Bertz CT molecular complexity index is 408. The molecule has 0 unspecified atom stereocenters. The predicted molar refractivity (Wildman–Crippen MR) is 57.2 cm³/mol. The van der Waals surface area contributed by atoms with Crippen LogP contribution < -0.4 is 15.4 Å². The first-order valence-corrected chi connectivity index (χ1v) is 5.22. The zero-order valence-electron chi connectivity index (χ0n) is 8.95. The van der Waals surface area contributed by atoms with Crippen LogP contribution in [0.3, 0.4) is 0 Å². The maximum absolute atomic E-state index is 12.1. The summed E-state index contributed by atoms with van der Waals surface area (Å²) in [5, 5.41) is 5.72. The highest BCUT2D eigenvalue weighted by molar-refractivity contribution is 5.97. The lowest BCUT2D eigenvalue weighted by atomic mass is 10.1. The second-order valence-corrected chi connectivity index (χ2v) is 3.70. The molecular weight excluding hydrogens is 230 g/mol. The molecule has 0 aliphatic carbocycles. The normalized spacial score (nSPS) is 15.5. The van der Waals surface area contributed by atoms with Gasteiger partial charge >= 0.3 is 6.61 Å². The number of alkyl halides is 2. The Hall–Kier alpha value is -1.69. The van der Waals surface area contributed by atoms with Gasteiger partial charge in [0.2, 0.25) is 0 Å². The number of ether oxygens (including phenoxy) is 1. The van der Waals surface area contributed by atoms with E-state index in [9.17, 15) is 13.6 Å². The van der Waals surface area contributed by atoms with Gasteiger partial charge in [0, 0.05) is 13.1 Å². The standard InChI is InChI=1S/C11H12F2N2O2/c12-11(13)17-9-4-2-1-3-8(9)10(16)15-7-5-14-6-7/h1-4,7,11,14H,5-6H2,(H,15,16). The Morgan fingerprint density at radius 1 is 1.41 bits per heavy atom. The van der Waals surface area contributed by atoms with Gasteiger partial charge in [0.05, 0.1) is 11.6 Å². The van der Waals surface area contributed by atoms with Crippen molar-refractivity contribution in [1.82, 2.24) is 10.6 Å². The van der Waals surface area contributed by atoms with Crippen LogP contribution in [-0.4, -0.2) is 31.7 Å². The average molecular weight is 242 g/mol. The highest BCUT2D eigenvalue weighted by Crippen LogP contribution is 2.20. The van der Waals surface area contributed by atoms with Gasteiger partial charge in [-0.25, -0.2) is 0 Å². The van der Waals surface area contributed by atoms with Crippen LogP contribution in [0.1, 0.15) is 10.4 Å². The zero-order valence-corrected chi connectivity index (χ0v) is 8.95. The maximum atomic E-state index is 12.1. The van der Waals surface area contributed by atoms with E-state index < -0.39 is 12.5 Å². The molecule has 1 aromatic rings. The number of carbonyl (C=O) groups excluding carboxylic acids is 1. The lowest BCUT2D eigenvalue weighted by Crippen LogP contribution is -2.56. The minimum atomic E-state index is -2.94. The molecule has 0 aromatic heterocycles. The summed E-state index contributed by atoms with van der Waals surface area (Å²) in [6, 6.07) is 6.01. The number of hydrogen-bond acceptors (Lipinski definition) is 3. The van der Waals surface area contributed by atoms with Crippen LogP contribution in [0, 0.1) is 0 Å². The van der Waals surface area contributed by atoms with E-state index in [4.69, 9.17) is 0 Å². The number of para-hydroxylation sites is 1. The molecule has 0 bridgehead atoms.